The molecule has 5 nitrogen and oxygen atoms in total. The van der Waals surface area contributed by atoms with E-state index in [4.69, 9.17) is 5.11 Å². The van der Waals surface area contributed by atoms with Crippen molar-refractivity contribution in [2.45, 2.75) is 45.1 Å². The van der Waals surface area contributed by atoms with E-state index in [1.807, 2.05) is 0 Å². The highest BCUT2D eigenvalue weighted by atomic mass is 16.4. The van der Waals surface area contributed by atoms with E-state index in [9.17, 15) is 9.59 Å². The number of amides is 2. The molecule has 5 heteroatoms. The molecule has 98 valence electrons. The monoisotopic (exact) mass is 242 g/mol. The standard InChI is InChI=1S/C12H22N2O3/c1-3-4-8-14(2)12(17)13-10-7-5-6-9(10)11(15)16/h9-10H,3-8H2,1-2H3,(H,13,17)(H,15,16). The molecule has 2 amide bonds. The van der Waals surface area contributed by atoms with Gasteiger partial charge in [0, 0.05) is 19.6 Å². The summed E-state index contributed by atoms with van der Waals surface area (Å²) in [7, 11) is 1.75. The number of unbranched alkanes of at least 4 members (excludes halogenated alkanes) is 1. The molecular weight excluding hydrogens is 220 g/mol. The molecule has 0 heterocycles. The number of hydrogen-bond acceptors (Lipinski definition) is 2. The molecule has 0 aromatic heterocycles. The van der Waals surface area contributed by atoms with Crippen molar-refractivity contribution < 1.29 is 14.7 Å². The number of carboxylic acids is 1. The molecule has 2 atom stereocenters. The first-order valence-electron chi connectivity index (χ1n) is 6.30. The largest absolute Gasteiger partial charge is 0.481 e. The summed E-state index contributed by atoms with van der Waals surface area (Å²) in [5, 5.41) is 11.8. The lowest BCUT2D eigenvalue weighted by Crippen LogP contribution is -2.46. The second-order valence-corrected chi connectivity index (χ2v) is 4.71. The topological polar surface area (TPSA) is 69.6 Å². The predicted octanol–water partition coefficient (Wildman–Crippen LogP) is 1.68. The zero-order chi connectivity index (χ0) is 12.8. The first kappa shape index (κ1) is 13.8. The Hall–Kier alpha value is -1.26. The fraction of sp³-hybridized carbons (Fsp3) is 0.833. The highest BCUT2D eigenvalue weighted by Gasteiger charge is 2.34. The summed E-state index contributed by atoms with van der Waals surface area (Å²) < 4.78 is 0. The van der Waals surface area contributed by atoms with Gasteiger partial charge in [0.1, 0.15) is 0 Å². The molecular formula is C12H22N2O3. The zero-order valence-electron chi connectivity index (χ0n) is 10.6. The average Bonchev–Trinajstić information content (AvgIpc) is 2.73. The van der Waals surface area contributed by atoms with Gasteiger partial charge in [-0.2, -0.15) is 0 Å². The number of rotatable bonds is 5. The van der Waals surface area contributed by atoms with Gasteiger partial charge in [0.05, 0.1) is 5.92 Å². The van der Waals surface area contributed by atoms with Crippen LogP contribution in [0, 0.1) is 5.92 Å². The number of aliphatic carboxylic acids is 1. The van der Waals surface area contributed by atoms with Gasteiger partial charge < -0.3 is 15.3 Å². The van der Waals surface area contributed by atoms with Gasteiger partial charge in [-0.3, -0.25) is 4.79 Å². The third-order valence-corrected chi connectivity index (χ3v) is 3.34. The fourth-order valence-electron chi connectivity index (χ4n) is 2.19. The summed E-state index contributed by atoms with van der Waals surface area (Å²) in [6.07, 6.45) is 4.32. The molecule has 0 spiro atoms. The minimum Gasteiger partial charge on any atom is -0.481 e. The van der Waals surface area contributed by atoms with E-state index in [0.717, 1.165) is 25.7 Å². The van der Waals surface area contributed by atoms with E-state index < -0.39 is 11.9 Å². The molecule has 1 fully saturated rings. The van der Waals surface area contributed by atoms with Gasteiger partial charge in [0.15, 0.2) is 0 Å². The maximum atomic E-state index is 11.8. The predicted molar refractivity (Wildman–Crippen MR) is 64.8 cm³/mol. The van der Waals surface area contributed by atoms with Crippen LogP contribution in [0.25, 0.3) is 0 Å². The SMILES string of the molecule is CCCCN(C)C(=O)NC1CCCC1C(=O)O. The Morgan fingerprint density at radius 3 is 2.71 bits per heavy atom. The smallest absolute Gasteiger partial charge is 0.317 e. The van der Waals surface area contributed by atoms with Crippen LogP contribution in [0.15, 0.2) is 0 Å². The molecule has 0 radical (unpaired) electrons. The Kier molecular flexibility index (Phi) is 5.25. The van der Waals surface area contributed by atoms with Crippen molar-refractivity contribution >= 4 is 12.0 Å². The quantitative estimate of drug-likeness (QED) is 0.770. The van der Waals surface area contributed by atoms with Gasteiger partial charge in [0.25, 0.3) is 0 Å². The van der Waals surface area contributed by atoms with Crippen LogP contribution in [0.5, 0.6) is 0 Å². The van der Waals surface area contributed by atoms with E-state index in [1.165, 1.54) is 0 Å². The normalized spacial score (nSPS) is 23.4. The summed E-state index contributed by atoms with van der Waals surface area (Å²) in [6.45, 7) is 2.79. The lowest BCUT2D eigenvalue weighted by atomic mass is 10.0. The van der Waals surface area contributed by atoms with Crippen LogP contribution in [0.3, 0.4) is 0 Å². The molecule has 2 N–H and O–H groups in total. The van der Waals surface area contributed by atoms with Gasteiger partial charge in [-0.25, -0.2) is 4.79 Å². The van der Waals surface area contributed by atoms with Gasteiger partial charge in [-0.15, -0.1) is 0 Å². The summed E-state index contributed by atoms with van der Waals surface area (Å²) in [6, 6.07) is -0.360. The second kappa shape index (κ2) is 6.47. The van der Waals surface area contributed by atoms with E-state index in [1.54, 1.807) is 11.9 Å². The number of nitrogens with one attached hydrogen (secondary N) is 1. The molecule has 0 aliphatic heterocycles. The van der Waals surface area contributed by atoms with Gasteiger partial charge >= 0.3 is 12.0 Å². The Bertz CT molecular complexity index is 281. The first-order valence-corrected chi connectivity index (χ1v) is 6.30. The van der Waals surface area contributed by atoms with Crippen LogP contribution < -0.4 is 5.32 Å². The lowest BCUT2D eigenvalue weighted by Gasteiger charge is -2.23. The lowest BCUT2D eigenvalue weighted by molar-refractivity contribution is -0.142. The molecule has 1 aliphatic carbocycles. The van der Waals surface area contributed by atoms with E-state index in [-0.39, 0.29) is 12.1 Å². The molecule has 1 rings (SSSR count). The molecule has 0 bridgehead atoms. The Labute approximate surface area is 102 Å². The van der Waals surface area contributed by atoms with Gasteiger partial charge in [0.2, 0.25) is 0 Å². The van der Waals surface area contributed by atoms with Crippen molar-refractivity contribution in [1.82, 2.24) is 10.2 Å². The highest BCUT2D eigenvalue weighted by molar-refractivity contribution is 5.77. The maximum absolute atomic E-state index is 11.8. The van der Waals surface area contributed by atoms with Crippen molar-refractivity contribution in [3.05, 3.63) is 0 Å². The van der Waals surface area contributed by atoms with Crippen LogP contribution >= 0.6 is 0 Å². The Morgan fingerprint density at radius 1 is 1.41 bits per heavy atom. The molecule has 17 heavy (non-hydrogen) atoms. The number of nitrogens with zero attached hydrogens (tertiary/aromatic N) is 1. The number of carbonyl (C=O) groups excluding carboxylic acids is 1. The number of carbonyl (C=O) groups is 2. The Balaban J connectivity index is 2.42. The summed E-state index contributed by atoms with van der Waals surface area (Å²) in [5.74, 6) is -1.22. The van der Waals surface area contributed by atoms with Crippen molar-refractivity contribution in [3.63, 3.8) is 0 Å². The third kappa shape index (κ3) is 3.91. The molecule has 0 aromatic carbocycles. The van der Waals surface area contributed by atoms with E-state index in [0.29, 0.717) is 13.0 Å². The van der Waals surface area contributed by atoms with Crippen molar-refractivity contribution in [3.8, 4) is 0 Å². The van der Waals surface area contributed by atoms with Crippen molar-refractivity contribution in [2.24, 2.45) is 5.92 Å². The highest BCUT2D eigenvalue weighted by Crippen LogP contribution is 2.25. The minimum atomic E-state index is -0.802. The average molecular weight is 242 g/mol. The summed E-state index contributed by atoms with van der Waals surface area (Å²) >= 11 is 0. The van der Waals surface area contributed by atoms with Crippen LogP contribution in [0.4, 0.5) is 4.79 Å². The second-order valence-electron chi connectivity index (χ2n) is 4.71. The van der Waals surface area contributed by atoms with E-state index >= 15 is 0 Å². The summed E-state index contributed by atoms with van der Waals surface area (Å²) in [4.78, 5) is 24.4. The third-order valence-electron chi connectivity index (χ3n) is 3.34. The van der Waals surface area contributed by atoms with Gasteiger partial charge in [-0.05, 0) is 19.3 Å². The van der Waals surface area contributed by atoms with Crippen molar-refractivity contribution in [1.29, 1.82) is 0 Å². The van der Waals surface area contributed by atoms with Crippen LogP contribution in [-0.4, -0.2) is 41.6 Å². The van der Waals surface area contributed by atoms with E-state index in [2.05, 4.69) is 12.2 Å². The van der Waals surface area contributed by atoms with Crippen LogP contribution in [0.1, 0.15) is 39.0 Å². The fourth-order valence-corrected chi connectivity index (χ4v) is 2.19. The number of carboxylic acid groups (broad SMARTS) is 1. The zero-order valence-corrected chi connectivity index (χ0v) is 10.6. The maximum Gasteiger partial charge on any atom is 0.317 e. The molecule has 1 aliphatic rings. The van der Waals surface area contributed by atoms with Crippen LogP contribution in [-0.2, 0) is 4.79 Å². The molecule has 1 saturated carbocycles. The van der Waals surface area contributed by atoms with Crippen molar-refractivity contribution in [2.75, 3.05) is 13.6 Å². The van der Waals surface area contributed by atoms with Gasteiger partial charge in [-0.1, -0.05) is 19.8 Å². The van der Waals surface area contributed by atoms with Crippen LogP contribution in [0.2, 0.25) is 0 Å². The number of hydrogen-bond donors (Lipinski definition) is 2. The minimum absolute atomic E-state index is 0.156. The molecule has 0 saturated heterocycles. The molecule has 0 aromatic rings. The first-order chi connectivity index (χ1) is 8.06. The summed E-state index contributed by atoms with van der Waals surface area (Å²) in [5.41, 5.74) is 0. The Morgan fingerprint density at radius 2 is 2.12 bits per heavy atom. The number of urea groups is 1. The molecule has 2 unspecified atom stereocenters.